The fourth-order valence-electron chi connectivity index (χ4n) is 2.20. The Hall–Kier alpha value is -2.82. The SMILES string of the molecule is Cc1cc(NC(=O)C2=C(O)c3cn(C)nc3S(=O)(=O)N2C)no1. The maximum absolute atomic E-state index is 12.4. The van der Waals surface area contributed by atoms with Crippen LogP contribution in [0.1, 0.15) is 11.3 Å². The van der Waals surface area contributed by atoms with Gasteiger partial charge < -0.3 is 14.9 Å². The van der Waals surface area contributed by atoms with E-state index in [1.165, 1.54) is 24.0 Å². The van der Waals surface area contributed by atoms with Crippen LogP contribution in [0.2, 0.25) is 0 Å². The Balaban J connectivity index is 2.08. The number of aromatic nitrogens is 3. The number of hydrogen-bond acceptors (Lipinski definition) is 7. The number of sulfonamides is 1. The maximum Gasteiger partial charge on any atom is 0.284 e. The molecule has 1 aliphatic heterocycles. The lowest BCUT2D eigenvalue weighted by atomic mass is 10.2. The number of carbonyl (C=O) groups is 1. The molecule has 2 aromatic rings. The highest BCUT2D eigenvalue weighted by molar-refractivity contribution is 7.89. The molecule has 11 heteroatoms. The summed E-state index contributed by atoms with van der Waals surface area (Å²) in [6.45, 7) is 1.64. The number of anilines is 1. The van der Waals surface area contributed by atoms with E-state index in [1.54, 1.807) is 6.92 Å². The molecular formula is C12H13N5O5S. The fourth-order valence-corrected chi connectivity index (χ4v) is 3.53. The molecule has 2 N–H and O–H groups in total. The monoisotopic (exact) mass is 339 g/mol. The number of likely N-dealkylation sites (N-methyl/N-ethyl adjacent to an activating group) is 1. The fraction of sp³-hybridized carbons (Fsp3) is 0.250. The van der Waals surface area contributed by atoms with Gasteiger partial charge in [0.15, 0.2) is 17.3 Å². The minimum absolute atomic E-state index is 0.0351. The molecule has 0 unspecified atom stereocenters. The summed E-state index contributed by atoms with van der Waals surface area (Å²) in [5.41, 5.74) is -0.460. The van der Waals surface area contributed by atoms with Gasteiger partial charge >= 0.3 is 0 Å². The Kier molecular flexibility index (Phi) is 3.18. The summed E-state index contributed by atoms with van der Waals surface area (Å²) in [6, 6.07) is 1.46. The van der Waals surface area contributed by atoms with Crippen molar-refractivity contribution < 1.29 is 22.8 Å². The normalized spacial score (nSPS) is 16.4. The van der Waals surface area contributed by atoms with Gasteiger partial charge in [0.05, 0.1) is 5.56 Å². The van der Waals surface area contributed by atoms with Gasteiger partial charge in [-0.05, 0) is 6.92 Å². The lowest BCUT2D eigenvalue weighted by molar-refractivity contribution is -0.113. The van der Waals surface area contributed by atoms with Crippen molar-refractivity contribution in [3.05, 3.63) is 29.3 Å². The summed E-state index contributed by atoms with van der Waals surface area (Å²) < 4.78 is 31.6. The van der Waals surface area contributed by atoms with Crippen molar-refractivity contribution in [2.24, 2.45) is 7.05 Å². The summed E-state index contributed by atoms with van der Waals surface area (Å²) in [4.78, 5) is 12.4. The average Bonchev–Trinajstić information content (AvgIpc) is 3.04. The van der Waals surface area contributed by atoms with Crippen LogP contribution in [-0.4, -0.2) is 45.7 Å². The molecule has 0 radical (unpaired) electrons. The second-order valence-electron chi connectivity index (χ2n) is 4.97. The van der Waals surface area contributed by atoms with E-state index in [4.69, 9.17) is 4.52 Å². The largest absolute Gasteiger partial charge is 0.505 e. The Bertz CT molecular complexity index is 939. The Labute approximate surface area is 131 Å². The number of aryl methyl sites for hydroxylation is 2. The van der Waals surface area contributed by atoms with E-state index in [0.29, 0.717) is 10.1 Å². The number of hydrogen-bond donors (Lipinski definition) is 2. The van der Waals surface area contributed by atoms with Crippen LogP contribution in [0, 0.1) is 6.92 Å². The van der Waals surface area contributed by atoms with Crippen LogP contribution in [0.3, 0.4) is 0 Å². The van der Waals surface area contributed by atoms with Gasteiger partial charge in [0.25, 0.3) is 15.9 Å². The quantitative estimate of drug-likeness (QED) is 0.800. The topological polar surface area (TPSA) is 131 Å². The van der Waals surface area contributed by atoms with Gasteiger partial charge in [0.2, 0.25) is 5.03 Å². The van der Waals surface area contributed by atoms with Crippen LogP contribution in [0.5, 0.6) is 0 Å². The van der Waals surface area contributed by atoms with Crippen LogP contribution in [-0.2, 0) is 21.9 Å². The number of fused-ring (bicyclic) bond motifs is 1. The van der Waals surface area contributed by atoms with Crippen LogP contribution < -0.4 is 5.32 Å². The van der Waals surface area contributed by atoms with Gasteiger partial charge in [-0.15, -0.1) is 0 Å². The Morgan fingerprint density at radius 2 is 2.09 bits per heavy atom. The molecule has 1 amide bonds. The van der Waals surface area contributed by atoms with Crippen LogP contribution >= 0.6 is 0 Å². The molecule has 3 heterocycles. The number of rotatable bonds is 2. The van der Waals surface area contributed by atoms with Crippen LogP contribution in [0.25, 0.3) is 5.76 Å². The first-order chi connectivity index (χ1) is 10.7. The molecule has 0 atom stereocenters. The van der Waals surface area contributed by atoms with Gasteiger partial charge in [0.1, 0.15) is 5.76 Å². The molecule has 3 rings (SSSR count). The van der Waals surface area contributed by atoms with Gasteiger partial charge in [0, 0.05) is 26.4 Å². The maximum atomic E-state index is 12.4. The van der Waals surface area contributed by atoms with E-state index >= 15 is 0 Å². The first-order valence-corrected chi connectivity index (χ1v) is 7.86. The molecule has 2 aromatic heterocycles. The average molecular weight is 339 g/mol. The van der Waals surface area contributed by atoms with Crippen molar-refractivity contribution in [1.82, 2.24) is 19.2 Å². The van der Waals surface area contributed by atoms with E-state index in [1.807, 2.05) is 0 Å². The first-order valence-electron chi connectivity index (χ1n) is 6.42. The highest BCUT2D eigenvalue weighted by Gasteiger charge is 2.40. The van der Waals surface area contributed by atoms with Crippen molar-refractivity contribution in [2.45, 2.75) is 11.9 Å². The number of carbonyl (C=O) groups excluding carboxylic acids is 1. The van der Waals surface area contributed by atoms with E-state index < -0.39 is 27.4 Å². The molecule has 23 heavy (non-hydrogen) atoms. The number of aliphatic hydroxyl groups excluding tert-OH is 1. The minimum atomic E-state index is -4.04. The van der Waals surface area contributed by atoms with Gasteiger partial charge in [-0.25, -0.2) is 0 Å². The summed E-state index contributed by atoms with van der Waals surface area (Å²) in [6.07, 6.45) is 1.32. The van der Waals surface area contributed by atoms with E-state index in [0.717, 1.165) is 7.05 Å². The van der Waals surface area contributed by atoms with Crippen molar-refractivity contribution in [3.8, 4) is 0 Å². The van der Waals surface area contributed by atoms with Gasteiger partial charge in [-0.1, -0.05) is 5.16 Å². The predicted octanol–water partition coefficient (Wildman–Crippen LogP) is 0.216. The highest BCUT2D eigenvalue weighted by atomic mass is 32.2. The summed E-state index contributed by atoms with van der Waals surface area (Å²) in [7, 11) is -1.36. The second-order valence-corrected chi connectivity index (χ2v) is 6.85. The van der Waals surface area contributed by atoms with Crippen molar-refractivity contribution in [1.29, 1.82) is 0 Å². The third kappa shape index (κ3) is 2.25. The zero-order valence-corrected chi connectivity index (χ0v) is 13.2. The summed E-state index contributed by atoms with van der Waals surface area (Å²) >= 11 is 0. The van der Waals surface area contributed by atoms with Crippen LogP contribution in [0.4, 0.5) is 5.82 Å². The minimum Gasteiger partial charge on any atom is -0.505 e. The zero-order chi connectivity index (χ0) is 16.9. The van der Waals surface area contributed by atoms with Crippen molar-refractivity contribution in [2.75, 3.05) is 12.4 Å². The zero-order valence-electron chi connectivity index (χ0n) is 12.4. The number of aliphatic hydroxyl groups is 1. The van der Waals surface area contributed by atoms with E-state index in [-0.39, 0.29) is 16.4 Å². The first kappa shape index (κ1) is 15.1. The molecule has 0 saturated heterocycles. The number of amides is 1. The van der Waals surface area contributed by atoms with Crippen molar-refractivity contribution in [3.63, 3.8) is 0 Å². The molecule has 1 aliphatic rings. The molecular weight excluding hydrogens is 326 g/mol. The predicted molar refractivity (Wildman–Crippen MR) is 77.6 cm³/mol. The van der Waals surface area contributed by atoms with Crippen LogP contribution in [0.15, 0.2) is 27.5 Å². The number of nitrogens with zero attached hydrogens (tertiary/aromatic N) is 4. The molecule has 10 nitrogen and oxygen atoms in total. The van der Waals surface area contributed by atoms with E-state index in [9.17, 15) is 18.3 Å². The molecule has 0 fully saturated rings. The lowest BCUT2D eigenvalue weighted by Crippen LogP contribution is -2.37. The molecule has 0 aromatic carbocycles. The van der Waals surface area contributed by atoms with Crippen molar-refractivity contribution >= 4 is 27.5 Å². The highest BCUT2D eigenvalue weighted by Crippen LogP contribution is 2.33. The summed E-state index contributed by atoms with van der Waals surface area (Å²) in [5, 5.41) is 19.8. The molecule has 0 spiro atoms. The molecule has 122 valence electrons. The summed E-state index contributed by atoms with van der Waals surface area (Å²) in [5.74, 6) is -0.743. The smallest absolute Gasteiger partial charge is 0.284 e. The molecule has 0 bridgehead atoms. The lowest BCUT2D eigenvalue weighted by Gasteiger charge is -2.25. The number of nitrogens with one attached hydrogen (secondary N) is 1. The molecule has 0 aliphatic carbocycles. The second kappa shape index (κ2) is 4.84. The standard InChI is InChI=1S/C12H13N5O5S/c1-6-4-8(15-22-6)13-11(19)9-10(18)7-5-16(2)14-12(7)23(20,21)17(9)3/h4-5,18H,1-3H3,(H,13,15,19). The van der Waals surface area contributed by atoms with Gasteiger partial charge in [-0.2, -0.15) is 13.5 Å². The van der Waals surface area contributed by atoms with E-state index in [2.05, 4.69) is 15.6 Å². The third-order valence-electron chi connectivity index (χ3n) is 3.28. The Morgan fingerprint density at radius 1 is 1.39 bits per heavy atom. The third-order valence-corrected chi connectivity index (χ3v) is 4.97. The van der Waals surface area contributed by atoms with Gasteiger partial charge in [-0.3, -0.25) is 13.8 Å². The Morgan fingerprint density at radius 3 is 2.70 bits per heavy atom. The molecule has 0 saturated carbocycles.